The van der Waals surface area contributed by atoms with Gasteiger partial charge in [-0.3, -0.25) is 9.59 Å². The van der Waals surface area contributed by atoms with Crippen molar-refractivity contribution in [2.45, 2.75) is 13.0 Å². The highest BCUT2D eigenvalue weighted by Crippen LogP contribution is 2.27. The molecule has 1 aromatic rings. The summed E-state index contributed by atoms with van der Waals surface area (Å²) >= 11 is 0. The van der Waals surface area contributed by atoms with Crippen LogP contribution in [0.2, 0.25) is 0 Å². The van der Waals surface area contributed by atoms with Crippen molar-refractivity contribution in [3.8, 4) is 11.5 Å². The number of carbonyl (C=O) groups excluding carboxylic acids is 3. The number of esters is 1. The Kier molecular flexibility index (Phi) is 7.32. The first-order chi connectivity index (χ1) is 11.0. The van der Waals surface area contributed by atoms with Gasteiger partial charge < -0.3 is 19.5 Å². The molecule has 1 N–H and O–H groups in total. The molecule has 0 aliphatic rings. The summed E-state index contributed by atoms with van der Waals surface area (Å²) in [5, 5.41) is 2.51. The summed E-state index contributed by atoms with van der Waals surface area (Å²) in [6.07, 6.45) is 1.25. The number of methoxy groups -OCH3 is 1. The standard InChI is InChI=1S/C16H19NO6/c1-4-7-17-16(20)11(2)23-15(19)10-22-13-6-5-12(9-18)8-14(13)21-3/h4-6,8-9,11H,1,7,10H2,2-3H3,(H,17,20)/t11-/m1/s1. The lowest BCUT2D eigenvalue weighted by molar-refractivity contribution is -0.156. The van der Waals surface area contributed by atoms with Crippen molar-refractivity contribution in [2.75, 3.05) is 20.3 Å². The van der Waals surface area contributed by atoms with Crippen molar-refractivity contribution < 1.29 is 28.6 Å². The Morgan fingerprint density at radius 1 is 1.35 bits per heavy atom. The Morgan fingerprint density at radius 3 is 2.70 bits per heavy atom. The van der Waals surface area contributed by atoms with Crippen LogP contribution in [0.3, 0.4) is 0 Å². The van der Waals surface area contributed by atoms with Crippen LogP contribution in [0, 0.1) is 0 Å². The summed E-state index contributed by atoms with van der Waals surface area (Å²) < 4.78 is 15.3. The third kappa shape index (κ3) is 5.82. The molecule has 0 aromatic heterocycles. The number of hydrogen-bond donors (Lipinski definition) is 1. The van der Waals surface area contributed by atoms with Gasteiger partial charge in [0, 0.05) is 12.1 Å². The van der Waals surface area contributed by atoms with Crippen molar-refractivity contribution in [3.05, 3.63) is 36.4 Å². The van der Waals surface area contributed by atoms with E-state index in [0.29, 0.717) is 23.3 Å². The van der Waals surface area contributed by atoms with Crippen LogP contribution in [-0.4, -0.2) is 44.5 Å². The summed E-state index contributed by atoms with van der Waals surface area (Å²) in [6, 6.07) is 4.52. The van der Waals surface area contributed by atoms with Crippen LogP contribution in [0.1, 0.15) is 17.3 Å². The van der Waals surface area contributed by atoms with E-state index in [4.69, 9.17) is 14.2 Å². The molecule has 0 radical (unpaired) electrons. The summed E-state index contributed by atoms with van der Waals surface area (Å²) in [7, 11) is 1.42. The third-order valence-corrected chi connectivity index (χ3v) is 2.77. The SMILES string of the molecule is C=CCNC(=O)[C@@H](C)OC(=O)COc1ccc(C=O)cc1OC. The van der Waals surface area contributed by atoms with Crippen LogP contribution in [0.15, 0.2) is 30.9 Å². The second-order valence-electron chi connectivity index (χ2n) is 4.48. The van der Waals surface area contributed by atoms with Gasteiger partial charge in [0.25, 0.3) is 5.91 Å². The number of carbonyl (C=O) groups is 3. The highest BCUT2D eigenvalue weighted by Gasteiger charge is 2.18. The van der Waals surface area contributed by atoms with Crippen LogP contribution in [0.4, 0.5) is 0 Å². The Morgan fingerprint density at radius 2 is 2.09 bits per heavy atom. The average molecular weight is 321 g/mol. The molecule has 1 rings (SSSR count). The maximum absolute atomic E-state index is 11.7. The molecule has 0 spiro atoms. The third-order valence-electron chi connectivity index (χ3n) is 2.77. The molecular formula is C16H19NO6. The van der Waals surface area contributed by atoms with Crippen molar-refractivity contribution in [1.29, 1.82) is 0 Å². The van der Waals surface area contributed by atoms with Crippen molar-refractivity contribution in [1.82, 2.24) is 5.32 Å². The summed E-state index contributed by atoms with van der Waals surface area (Å²) in [5.74, 6) is -0.517. The quantitative estimate of drug-likeness (QED) is 0.416. The molecular weight excluding hydrogens is 302 g/mol. The average Bonchev–Trinajstić information content (AvgIpc) is 2.57. The first-order valence-electron chi connectivity index (χ1n) is 6.86. The molecule has 0 aliphatic heterocycles. The minimum absolute atomic E-state index is 0.289. The van der Waals surface area contributed by atoms with Gasteiger partial charge in [0.05, 0.1) is 7.11 Å². The topological polar surface area (TPSA) is 90.9 Å². The Labute approximate surface area is 134 Å². The second-order valence-corrected chi connectivity index (χ2v) is 4.48. The molecule has 1 atom stereocenters. The van der Waals surface area contributed by atoms with Crippen LogP contribution < -0.4 is 14.8 Å². The van der Waals surface area contributed by atoms with Gasteiger partial charge >= 0.3 is 5.97 Å². The molecule has 0 unspecified atom stereocenters. The molecule has 1 aromatic carbocycles. The predicted octanol–water partition coefficient (Wildman–Crippen LogP) is 1.12. The zero-order valence-corrected chi connectivity index (χ0v) is 13.0. The number of hydrogen-bond acceptors (Lipinski definition) is 6. The van der Waals surface area contributed by atoms with Crippen LogP contribution in [0.5, 0.6) is 11.5 Å². The van der Waals surface area contributed by atoms with E-state index in [1.807, 2.05) is 0 Å². The number of ether oxygens (including phenoxy) is 3. The molecule has 23 heavy (non-hydrogen) atoms. The number of aldehydes is 1. The van der Waals surface area contributed by atoms with Gasteiger partial charge in [-0.25, -0.2) is 4.79 Å². The highest BCUT2D eigenvalue weighted by atomic mass is 16.6. The second kappa shape index (κ2) is 9.24. The zero-order chi connectivity index (χ0) is 17.2. The number of nitrogens with one attached hydrogen (secondary N) is 1. The molecule has 0 heterocycles. The van der Waals surface area contributed by atoms with E-state index in [1.165, 1.54) is 38.3 Å². The van der Waals surface area contributed by atoms with Crippen molar-refractivity contribution >= 4 is 18.2 Å². The molecule has 0 saturated heterocycles. The largest absolute Gasteiger partial charge is 0.493 e. The number of benzene rings is 1. The van der Waals surface area contributed by atoms with Gasteiger partial charge in [-0.1, -0.05) is 6.08 Å². The Hall–Kier alpha value is -2.83. The Bertz CT molecular complexity index is 584. The Balaban J connectivity index is 2.54. The normalized spacial score (nSPS) is 11.0. The van der Waals surface area contributed by atoms with Crippen LogP contribution in [-0.2, 0) is 14.3 Å². The van der Waals surface area contributed by atoms with Gasteiger partial charge in [-0.2, -0.15) is 0 Å². The molecule has 0 fully saturated rings. The summed E-state index contributed by atoms with van der Waals surface area (Å²) in [4.78, 5) is 33.9. The van der Waals surface area contributed by atoms with Gasteiger partial charge in [0.1, 0.15) is 6.29 Å². The molecule has 7 nitrogen and oxygen atoms in total. The van der Waals surface area contributed by atoms with Crippen molar-refractivity contribution in [2.24, 2.45) is 0 Å². The van der Waals surface area contributed by atoms with E-state index in [1.54, 1.807) is 0 Å². The summed E-state index contributed by atoms with van der Waals surface area (Å²) in [6.45, 7) is 4.82. The van der Waals surface area contributed by atoms with Gasteiger partial charge in [0.2, 0.25) is 0 Å². The number of rotatable bonds is 9. The maximum Gasteiger partial charge on any atom is 0.344 e. The fourth-order valence-corrected chi connectivity index (χ4v) is 1.61. The fraction of sp³-hybridized carbons (Fsp3) is 0.312. The van der Waals surface area contributed by atoms with E-state index in [-0.39, 0.29) is 6.54 Å². The van der Waals surface area contributed by atoms with Gasteiger partial charge in [-0.15, -0.1) is 6.58 Å². The lowest BCUT2D eigenvalue weighted by atomic mass is 10.2. The van der Waals surface area contributed by atoms with E-state index < -0.39 is 24.6 Å². The minimum atomic E-state index is -0.939. The zero-order valence-electron chi connectivity index (χ0n) is 13.0. The predicted molar refractivity (Wildman–Crippen MR) is 82.6 cm³/mol. The lowest BCUT2D eigenvalue weighted by Gasteiger charge is -2.14. The maximum atomic E-state index is 11.7. The monoisotopic (exact) mass is 321 g/mol. The lowest BCUT2D eigenvalue weighted by Crippen LogP contribution is -2.36. The van der Waals surface area contributed by atoms with E-state index in [2.05, 4.69) is 11.9 Å². The fourth-order valence-electron chi connectivity index (χ4n) is 1.61. The molecule has 0 aliphatic carbocycles. The molecule has 1 amide bonds. The van der Waals surface area contributed by atoms with Crippen LogP contribution in [0.25, 0.3) is 0 Å². The number of amides is 1. The van der Waals surface area contributed by atoms with E-state index in [9.17, 15) is 14.4 Å². The molecule has 0 saturated carbocycles. The molecule has 124 valence electrons. The van der Waals surface area contributed by atoms with Gasteiger partial charge in [0.15, 0.2) is 24.2 Å². The van der Waals surface area contributed by atoms with E-state index in [0.717, 1.165) is 0 Å². The van der Waals surface area contributed by atoms with E-state index >= 15 is 0 Å². The highest BCUT2D eigenvalue weighted by molar-refractivity contribution is 5.83. The molecule has 7 heteroatoms. The molecule has 0 bridgehead atoms. The summed E-state index contributed by atoms with van der Waals surface area (Å²) in [5.41, 5.74) is 0.421. The van der Waals surface area contributed by atoms with Crippen LogP contribution >= 0.6 is 0 Å². The minimum Gasteiger partial charge on any atom is -0.493 e. The first-order valence-corrected chi connectivity index (χ1v) is 6.86. The van der Waals surface area contributed by atoms with Crippen molar-refractivity contribution in [3.63, 3.8) is 0 Å². The smallest absolute Gasteiger partial charge is 0.344 e. The van der Waals surface area contributed by atoms with Gasteiger partial charge in [-0.05, 0) is 25.1 Å². The first kappa shape index (κ1) is 18.2.